The number of ketones is 1. The Kier molecular flexibility index (Phi) is 6.52. The molecule has 0 radical (unpaired) electrons. The lowest BCUT2D eigenvalue weighted by atomic mass is 9.92. The van der Waals surface area contributed by atoms with Crippen LogP contribution in [0.5, 0.6) is 0 Å². The second kappa shape index (κ2) is 9.02. The molecule has 2 heterocycles. The molecule has 0 spiro atoms. The highest BCUT2D eigenvalue weighted by Crippen LogP contribution is 2.43. The molecule has 35 heavy (non-hydrogen) atoms. The second-order valence-corrected chi connectivity index (χ2v) is 10.6. The number of alkyl halides is 3. The summed E-state index contributed by atoms with van der Waals surface area (Å²) in [5.74, 6) is -0.662. The monoisotopic (exact) mass is 511 g/mol. The van der Waals surface area contributed by atoms with Crippen LogP contribution in [0.2, 0.25) is 0 Å². The van der Waals surface area contributed by atoms with Crippen LogP contribution in [0, 0.1) is 12.7 Å². The largest absolute Gasteiger partial charge is 0.404 e. The minimum absolute atomic E-state index is 0.0651. The van der Waals surface area contributed by atoms with Crippen molar-refractivity contribution < 1.29 is 30.8 Å². The van der Waals surface area contributed by atoms with E-state index in [2.05, 4.69) is 4.98 Å². The lowest BCUT2D eigenvalue weighted by Crippen LogP contribution is -2.42. The van der Waals surface area contributed by atoms with Crippen molar-refractivity contribution in [2.45, 2.75) is 69.6 Å². The lowest BCUT2D eigenvalue weighted by molar-refractivity contribution is -0.147. The van der Waals surface area contributed by atoms with E-state index in [1.54, 1.807) is 24.6 Å². The summed E-state index contributed by atoms with van der Waals surface area (Å²) in [4.78, 5) is 16.8. The van der Waals surface area contributed by atoms with Crippen molar-refractivity contribution in [3.63, 3.8) is 0 Å². The van der Waals surface area contributed by atoms with Crippen LogP contribution < -0.4 is 4.72 Å². The first-order chi connectivity index (χ1) is 16.3. The van der Waals surface area contributed by atoms with Gasteiger partial charge in [-0.15, -0.1) is 0 Å². The van der Waals surface area contributed by atoms with E-state index in [9.17, 15) is 30.8 Å². The van der Waals surface area contributed by atoms with Crippen LogP contribution in [0.4, 0.5) is 17.6 Å². The Balaban J connectivity index is 1.87. The Morgan fingerprint density at radius 1 is 1.26 bits per heavy atom. The number of pyridine rings is 1. The maximum atomic E-state index is 14.5. The molecule has 1 aliphatic rings. The summed E-state index contributed by atoms with van der Waals surface area (Å²) in [5.41, 5.74) is 2.17. The molecule has 0 saturated heterocycles. The average molecular weight is 512 g/mol. The van der Waals surface area contributed by atoms with E-state index < -0.39 is 33.0 Å². The number of rotatable bonds is 7. The fourth-order valence-electron chi connectivity index (χ4n) is 4.22. The zero-order chi connectivity index (χ0) is 25.7. The van der Waals surface area contributed by atoms with Crippen LogP contribution in [0.3, 0.4) is 0 Å². The molecule has 1 fully saturated rings. The van der Waals surface area contributed by atoms with Crippen molar-refractivity contribution in [1.82, 2.24) is 14.3 Å². The molecule has 0 unspecified atom stereocenters. The molecule has 11 heteroatoms. The zero-order valence-corrected chi connectivity index (χ0v) is 20.2. The second-order valence-electron chi connectivity index (χ2n) is 8.84. The van der Waals surface area contributed by atoms with E-state index >= 15 is 0 Å². The fraction of sp³-hybridized carbons (Fsp3) is 0.417. The number of aromatic nitrogens is 2. The lowest BCUT2D eigenvalue weighted by Gasteiger charge is -2.30. The molecule has 4 rings (SSSR count). The molecule has 0 bridgehead atoms. The maximum Gasteiger partial charge on any atom is 0.404 e. The van der Waals surface area contributed by atoms with Crippen LogP contribution >= 0.6 is 0 Å². The SMILES string of the molecule is CCC(=O)c1c(-c2ccc(S(=O)(=O)N[C@@H](C)C(F)(F)F)cn2)n(C2CCC2)c2cc(C)c(F)cc12. The number of aryl methyl sites for hydroxylation is 1. The smallest absolute Gasteiger partial charge is 0.335 e. The third-order valence-corrected chi connectivity index (χ3v) is 7.96. The quantitative estimate of drug-likeness (QED) is 0.326. The number of benzene rings is 1. The molecule has 2 aromatic heterocycles. The number of hydrogen-bond donors (Lipinski definition) is 1. The van der Waals surface area contributed by atoms with Gasteiger partial charge in [0.05, 0.1) is 22.5 Å². The number of carbonyl (C=O) groups excluding carboxylic acids is 1. The van der Waals surface area contributed by atoms with Crippen molar-refractivity contribution >= 4 is 26.7 Å². The van der Waals surface area contributed by atoms with Gasteiger partial charge in [-0.3, -0.25) is 9.78 Å². The predicted molar refractivity (Wildman–Crippen MR) is 123 cm³/mol. The number of nitrogens with one attached hydrogen (secondary N) is 1. The Morgan fingerprint density at radius 3 is 2.46 bits per heavy atom. The summed E-state index contributed by atoms with van der Waals surface area (Å²) in [6.45, 7) is 4.04. The number of nitrogens with zero attached hydrogens (tertiary/aromatic N) is 2. The van der Waals surface area contributed by atoms with E-state index in [-0.39, 0.29) is 23.9 Å². The third-order valence-electron chi connectivity index (χ3n) is 6.44. The molecular formula is C24H25F4N3O3S. The van der Waals surface area contributed by atoms with E-state index in [0.29, 0.717) is 34.6 Å². The predicted octanol–water partition coefficient (Wildman–Crippen LogP) is 5.70. The van der Waals surface area contributed by atoms with Gasteiger partial charge in [0.25, 0.3) is 0 Å². The maximum absolute atomic E-state index is 14.5. The summed E-state index contributed by atoms with van der Waals surface area (Å²) >= 11 is 0. The molecule has 3 aromatic rings. The van der Waals surface area contributed by atoms with Crippen LogP contribution in [-0.4, -0.2) is 36.0 Å². The Bertz CT molecular complexity index is 1390. The summed E-state index contributed by atoms with van der Waals surface area (Å²) < 4.78 is 81.5. The Morgan fingerprint density at radius 2 is 1.94 bits per heavy atom. The first-order valence-electron chi connectivity index (χ1n) is 11.3. The minimum atomic E-state index is -4.74. The molecule has 1 aromatic carbocycles. The summed E-state index contributed by atoms with van der Waals surface area (Å²) in [6, 6.07) is 3.35. The summed E-state index contributed by atoms with van der Waals surface area (Å²) in [7, 11) is -4.48. The van der Waals surface area contributed by atoms with E-state index in [0.717, 1.165) is 31.5 Å². The summed E-state index contributed by atoms with van der Waals surface area (Å²) in [6.07, 6.45) is -0.896. The molecule has 6 nitrogen and oxygen atoms in total. The van der Waals surface area contributed by atoms with Gasteiger partial charge in [0.15, 0.2) is 5.78 Å². The number of halogens is 4. The van der Waals surface area contributed by atoms with Gasteiger partial charge >= 0.3 is 6.18 Å². The highest BCUT2D eigenvalue weighted by atomic mass is 32.2. The highest BCUT2D eigenvalue weighted by molar-refractivity contribution is 7.89. The third kappa shape index (κ3) is 4.58. The average Bonchev–Trinajstić information content (AvgIpc) is 3.05. The van der Waals surface area contributed by atoms with Crippen molar-refractivity contribution in [2.75, 3.05) is 0 Å². The van der Waals surface area contributed by atoms with E-state index in [1.807, 2.05) is 4.57 Å². The van der Waals surface area contributed by atoms with Gasteiger partial charge in [0.2, 0.25) is 10.0 Å². The van der Waals surface area contributed by atoms with Gasteiger partial charge in [-0.1, -0.05) is 6.92 Å². The van der Waals surface area contributed by atoms with Gasteiger partial charge in [-0.25, -0.2) is 12.8 Å². The van der Waals surface area contributed by atoms with E-state index in [4.69, 9.17) is 0 Å². The first kappa shape index (κ1) is 25.3. The molecule has 1 saturated carbocycles. The van der Waals surface area contributed by atoms with Gasteiger partial charge < -0.3 is 4.57 Å². The first-order valence-corrected chi connectivity index (χ1v) is 12.8. The van der Waals surface area contributed by atoms with Crippen molar-refractivity contribution in [1.29, 1.82) is 0 Å². The number of fused-ring (bicyclic) bond motifs is 1. The minimum Gasteiger partial charge on any atom is -0.335 e. The van der Waals surface area contributed by atoms with E-state index in [1.165, 1.54) is 12.1 Å². The summed E-state index contributed by atoms with van der Waals surface area (Å²) in [5, 5.41) is 0.459. The van der Waals surface area contributed by atoms with Crippen molar-refractivity contribution in [3.05, 3.63) is 47.4 Å². The van der Waals surface area contributed by atoms with Crippen molar-refractivity contribution in [2.24, 2.45) is 0 Å². The fourth-order valence-corrected chi connectivity index (χ4v) is 5.39. The molecule has 0 amide bonds. The van der Waals surface area contributed by atoms with Gasteiger partial charge in [-0.2, -0.15) is 17.9 Å². The van der Waals surface area contributed by atoms with Crippen LogP contribution in [-0.2, 0) is 10.0 Å². The molecule has 1 N–H and O–H groups in total. The molecule has 0 aliphatic heterocycles. The molecule has 188 valence electrons. The van der Waals surface area contributed by atoms with Crippen molar-refractivity contribution in [3.8, 4) is 11.4 Å². The molecule has 1 atom stereocenters. The number of Topliss-reactive ketones (excluding diaryl/α,β-unsaturated/α-hetero) is 1. The van der Waals surface area contributed by atoms with Gasteiger partial charge in [0, 0.05) is 24.0 Å². The van der Waals surface area contributed by atoms with Gasteiger partial charge in [0.1, 0.15) is 16.8 Å². The highest BCUT2D eigenvalue weighted by Gasteiger charge is 2.39. The topological polar surface area (TPSA) is 81.1 Å². The number of sulfonamides is 1. The standard InChI is InChI=1S/C24H25F4N3O3S/c1-4-21(32)22-17-11-18(25)13(2)10-20(17)31(15-6-5-7-15)23(22)19-9-8-16(12-29-19)35(33,34)30-14(3)24(26,27)28/h8-12,14-15,30H,4-7H2,1-3H3/t14-/m0/s1. The van der Waals surface area contributed by atoms with Gasteiger partial charge in [-0.05, 0) is 62.9 Å². The normalized spacial score (nSPS) is 15.9. The number of carbonyl (C=O) groups is 1. The van der Waals surface area contributed by atoms with Crippen LogP contribution in [0.1, 0.15) is 61.5 Å². The zero-order valence-electron chi connectivity index (χ0n) is 19.4. The van der Waals surface area contributed by atoms with Crippen LogP contribution in [0.25, 0.3) is 22.3 Å². The van der Waals surface area contributed by atoms with Crippen LogP contribution in [0.15, 0.2) is 35.4 Å². The number of hydrogen-bond acceptors (Lipinski definition) is 4. The Hall–Kier alpha value is -2.79. The Labute approximate surface area is 200 Å². The molecule has 1 aliphatic carbocycles. The molecular weight excluding hydrogens is 486 g/mol.